The molecule has 0 aliphatic heterocycles. The molecule has 2 N–H and O–H groups in total. The van der Waals surface area contributed by atoms with Crippen LogP contribution in [0.25, 0.3) is 5.69 Å². The van der Waals surface area contributed by atoms with Crippen molar-refractivity contribution in [1.82, 2.24) is 15.3 Å². The molecule has 1 aliphatic carbocycles. The van der Waals surface area contributed by atoms with Gasteiger partial charge >= 0.3 is 11.8 Å². The Labute approximate surface area is 175 Å². The minimum atomic E-state index is -0.760. The molecule has 0 atom stereocenters. The molecule has 1 fully saturated rings. The highest BCUT2D eigenvalue weighted by Crippen LogP contribution is 2.28. The van der Waals surface area contributed by atoms with E-state index in [-0.39, 0.29) is 6.04 Å². The fraction of sp³-hybridized carbons (Fsp3) is 0.381. The van der Waals surface area contributed by atoms with E-state index in [4.69, 9.17) is 16.3 Å². The molecule has 0 unspecified atom stereocenters. The molecule has 0 spiro atoms. The standard InChI is InChI=1S/C21H25ClN4O3/c1-13-10-15(12-23-25-21(28)20(27)24-16-6-4-5-7-16)14(2)26(13)17-8-9-19(29-3)18(22)11-17/h8-12,16H,4-7H2,1-3H3,(H,24,27)(H,25,28)/b23-12-. The largest absolute Gasteiger partial charge is 0.495 e. The summed E-state index contributed by atoms with van der Waals surface area (Å²) in [4.78, 5) is 23.8. The van der Waals surface area contributed by atoms with E-state index in [2.05, 4.69) is 15.8 Å². The molecule has 7 nitrogen and oxygen atoms in total. The van der Waals surface area contributed by atoms with E-state index in [0.29, 0.717) is 10.8 Å². The maximum Gasteiger partial charge on any atom is 0.329 e. The van der Waals surface area contributed by atoms with Crippen LogP contribution in [0.1, 0.15) is 42.6 Å². The molecule has 2 amide bonds. The third-order valence-corrected chi connectivity index (χ3v) is 5.43. The van der Waals surface area contributed by atoms with Crippen molar-refractivity contribution in [3.8, 4) is 11.4 Å². The fourth-order valence-electron chi connectivity index (χ4n) is 3.64. The summed E-state index contributed by atoms with van der Waals surface area (Å²) in [5.74, 6) is -0.797. The normalized spacial score (nSPS) is 14.3. The van der Waals surface area contributed by atoms with Crippen molar-refractivity contribution in [2.24, 2.45) is 5.10 Å². The van der Waals surface area contributed by atoms with Crippen LogP contribution in [0.4, 0.5) is 0 Å². The summed E-state index contributed by atoms with van der Waals surface area (Å²) in [7, 11) is 1.57. The Morgan fingerprint density at radius 1 is 1.21 bits per heavy atom. The van der Waals surface area contributed by atoms with Gasteiger partial charge in [0.05, 0.1) is 18.3 Å². The highest BCUT2D eigenvalue weighted by atomic mass is 35.5. The second kappa shape index (κ2) is 9.13. The summed E-state index contributed by atoms with van der Waals surface area (Å²) in [6, 6.07) is 7.60. The van der Waals surface area contributed by atoms with Crippen LogP contribution in [0.5, 0.6) is 5.75 Å². The van der Waals surface area contributed by atoms with E-state index in [9.17, 15) is 9.59 Å². The fourth-order valence-corrected chi connectivity index (χ4v) is 3.89. The molecule has 1 aliphatic rings. The predicted molar refractivity (Wildman–Crippen MR) is 113 cm³/mol. The first-order valence-corrected chi connectivity index (χ1v) is 9.95. The van der Waals surface area contributed by atoms with Gasteiger partial charge in [0.15, 0.2) is 0 Å². The van der Waals surface area contributed by atoms with Crippen LogP contribution in [-0.2, 0) is 9.59 Å². The maximum atomic E-state index is 11.9. The molecule has 2 aromatic rings. The second-order valence-corrected chi connectivity index (χ2v) is 7.54. The lowest BCUT2D eigenvalue weighted by molar-refractivity contribution is -0.139. The molecule has 1 heterocycles. The zero-order valence-electron chi connectivity index (χ0n) is 16.8. The number of hydrazone groups is 1. The van der Waals surface area contributed by atoms with Crippen molar-refractivity contribution in [2.45, 2.75) is 45.6 Å². The highest BCUT2D eigenvalue weighted by molar-refractivity contribution is 6.35. The number of carbonyl (C=O) groups is 2. The summed E-state index contributed by atoms with van der Waals surface area (Å²) in [6.45, 7) is 3.91. The second-order valence-electron chi connectivity index (χ2n) is 7.13. The van der Waals surface area contributed by atoms with Gasteiger partial charge in [-0.15, -0.1) is 0 Å². The predicted octanol–water partition coefficient (Wildman–Crippen LogP) is 3.27. The van der Waals surface area contributed by atoms with E-state index in [1.807, 2.05) is 42.7 Å². The van der Waals surface area contributed by atoms with Crippen molar-refractivity contribution in [3.63, 3.8) is 0 Å². The molecule has 154 valence electrons. The van der Waals surface area contributed by atoms with Gasteiger partial charge in [-0.1, -0.05) is 24.4 Å². The van der Waals surface area contributed by atoms with E-state index >= 15 is 0 Å². The van der Waals surface area contributed by atoms with Crippen LogP contribution in [-0.4, -0.2) is 35.7 Å². The lowest BCUT2D eigenvalue weighted by Crippen LogP contribution is -2.42. The molecule has 1 aromatic heterocycles. The summed E-state index contributed by atoms with van der Waals surface area (Å²) >= 11 is 6.25. The van der Waals surface area contributed by atoms with Crippen molar-refractivity contribution < 1.29 is 14.3 Å². The Kier molecular flexibility index (Phi) is 6.59. The van der Waals surface area contributed by atoms with Crippen LogP contribution < -0.4 is 15.5 Å². The quantitative estimate of drug-likeness (QED) is 0.445. The highest BCUT2D eigenvalue weighted by Gasteiger charge is 2.21. The van der Waals surface area contributed by atoms with Crippen molar-refractivity contribution in [3.05, 3.63) is 46.2 Å². The van der Waals surface area contributed by atoms with Crippen LogP contribution in [0.2, 0.25) is 5.02 Å². The Hall–Kier alpha value is -2.80. The average Bonchev–Trinajstić information content (AvgIpc) is 3.29. The van der Waals surface area contributed by atoms with Gasteiger partial charge in [-0.3, -0.25) is 9.59 Å². The molecule has 0 bridgehead atoms. The van der Waals surface area contributed by atoms with Crippen molar-refractivity contribution in [2.75, 3.05) is 7.11 Å². The van der Waals surface area contributed by atoms with Gasteiger partial charge in [0, 0.05) is 28.7 Å². The molecule has 0 saturated heterocycles. The molecular formula is C21H25ClN4O3. The molecule has 8 heteroatoms. The zero-order valence-corrected chi connectivity index (χ0v) is 17.5. The lowest BCUT2D eigenvalue weighted by atomic mass is 10.2. The molecule has 29 heavy (non-hydrogen) atoms. The first kappa shape index (κ1) is 20.9. The average molecular weight is 417 g/mol. The monoisotopic (exact) mass is 416 g/mol. The summed E-state index contributed by atoms with van der Waals surface area (Å²) < 4.78 is 7.23. The van der Waals surface area contributed by atoms with E-state index < -0.39 is 11.8 Å². The van der Waals surface area contributed by atoms with Crippen LogP contribution >= 0.6 is 11.6 Å². The van der Waals surface area contributed by atoms with Gasteiger partial charge in [-0.2, -0.15) is 5.10 Å². The number of aromatic nitrogens is 1. The topological polar surface area (TPSA) is 84.7 Å². The number of hydrogen-bond donors (Lipinski definition) is 2. The van der Waals surface area contributed by atoms with E-state index in [1.165, 1.54) is 6.21 Å². The van der Waals surface area contributed by atoms with Crippen LogP contribution in [0, 0.1) is 13.8 Å². The van der Waals surface area contributed by atoms with Gasteiger partial charge < -0.3 is 14.6 Å². The van der Waals surface area contributed by atoms with Crippen LogP contribution in [0.3, 0.4) is 0 Å². The number of ether oxygens (including phenoxy) is 1. The lowest BCUT2D eigenvalue weighted by Gasteiger charge is -2.11. The van der Waals surface area contributed by atoms with Gasteiger partial charge in [-0.05, 0) is 51.0 Å². The first-order chi connectivity index (χ1) is 13.9. The summed E-state index contributed by atoms with van der Waals surface area (Å²) in [5, 5.41) is 7.20. The number of rotatable bonds is 5. The van der Waals surface area contributed by atoms with Crippen molar-refractivity contribution >= 4 is 29.6 Å². The minimum absolute atomic E-state index is 0.0903. The third kappa shape index (κ3) is 4.79. The molecule has 0 radical (unpaired) electrons. The summed E-state index contributed by atoms with van der Waals surface area (Å²) in [5.41, 5.74) is 5.93. The van der Waals surface area contributed by atoms with E-state index in [1.54, 1.807) is 7.11 Å². The number of nitrogens with zero attached hydrogens (tertiary/aromatic N) is 2. The Balaban J connectivity index is 1.68. The third-order valence-electron chi connectivity index (χ3n) is 5.13. The number of nitrogens with one attached hydrogen (secondary N) is 2. The molecule has 3 rings (SSSR count). The van der Waals surface area contributed by atoms with E-state index in [0.717, 1.165) is 48.3 Å². The number of benzene rings is 1. The minimum Gasteiger partial charge on any atom is -0.495 e. The number of hydrogen-bond acceptors (Lipinski definition) is 4. The van der Waals surface area contributed by atoms with Crippen LogP contribution in [0.15, 0.2) is 29.4 Å². The van der Waals surface area contributed by atoms with Crippen molar-refractivity contribution in [1.29, 1.82) is 0 Å². The number of methoxy groups -OCH3 is 1. The van der Waals surface area contributed by atoms with Gasteiger partial charge in [0.2, 0.25) is 0 Å². The smallest absolute Gasteiger partial charge is 0.329 e. The number of halogens is 1. The molecular weight excluding hydrogens is 392 g/mol. The van der Waals surface area contributed by atoms with Gasteiger partial charge in [-0.25, -0.2) is 5.43 Å². The Morgan fingerprint density at radius 2 is 1.93 bits per heavy atom. The molecule has 1 aromatic carbocycles. The maximum absolute atomic E-state index is 11.9. The number of amides is 2. The number of aryl methyl sites for hydroxylation is 1. The summed E-state index contributed by atoms with van der Waals surface area (Å²) in [6.07, 6.45) is 5.54. The van der Waals surface area contributed by atoms with Gasteiger partial charge in [0.25, 0.3) is 0 Å². The first-order valence-electron chi connectivity index (χ1n) is 9.57. The Morgan fingerprint density at radius 3 is 2.59 bits per heavy atom. The SMILES string of the molecule is COc1ccc(-n2c(C)cc(/C=N\NC(=O)C(=O)NC3CCCC3)c2C)cc1Cl. The zero-order chi connectivity index (χ0) is 21.0. The number of carbonyl (C=O) groups excluding carboxylic acids is 2. The Bertz CT molecular complexity index is 946. The van der Waals surface area contributed by atoms with Gasteiger partial charge in [0.1, 0.15) is 5.75 Å². The molecule has 1 saturated carbocycles.